The van der Waals surface area contributed by atoms with Crippen LogP contribution in [-0.2, 0) is 35.6 Å². The molecule has 0 bridgehead atoms. The van der Waals surface area contributed by atoms with Gasteiger partial charge in [-0.05, 0) is 91.4 Å². The lowest BCUT2D eigenvalue weighted by Crippen LogP contribution is -2.50. The fourth-order valence-corrected chi connectivity index (χ4v) is 8.91. The number of carbonyl (C=O) groups excluding carboxylic acids is 4. The predicted molar refractivity (Wildman–Crippen MR) is 244 cm³/mol. The molecule has 17 heteroatoms. The Balaban J connectivity index is 0.980. The molecule has 0 radical (unpaired) electrons. The van der Waals surface area contributed by atoms with Gasteiger partial charge in [0, 0.05) is 35.7 Å². The van der Waals surface area contributed by atoms with E-state index in [1.165, 1.54) is 14.2 Å². The van der Waals surface area contributed by atoms with Crippen molar-refractivity contribution < 1.29 is 43.2 Å². The second-order valence-corrected chi connectivity index (χ2v) is 16.5. The molecule has 9 rings (SSSR count). The SMILES string of the molecule is COc1cc2c(cc1OCc1cc(COc3cc4c(cc3OC)C(=O)N3c5ccccc5C[C@H]3C(O)N4)cc(NC(=O)[C@@H](C)NC(=O)[C@H](C)NN)c1)NC[C@@H]1Cc3ccccc3N1C2=O. The summed E-state index contributed by atoms with van der Waals surface area (Å²) in [6.45, 7) is 3.66. The number of amides is 4. The normalized spacial score (nSPS) is 18.7. The van der Waals surface area contributed by atoms with Crippen LogP contribution in [0, 0.1) is 0 Å². The predicted octanol–water partition coefficient (Wildman–Crippen LogP) is 4.47. The van der Waals surface area contributed by atoms with Crippen LogP contribution in [0.15, 0.2) is 91.0 Å². The second kappa shape index (κ2) is 17.7. The maximum atomic E-state index is 14.1. The summed E-state index contributed by atoms with van der Waals surface area (Å²) in [5.74, 6) is 5.43. The number of ether oxygens (including phenoxy) is 4. The molecule has 5 atom stereocenters. The van der Waals surface area contributed by atoms with Crippen LogP contribution in [0.3, 0.4) is 0 Å². The molecule has 4 amide bonds. The van der Waals surface area contributed by atoms with Crippen molar-refractivity contribution in [1.29, 1.82) is 0 Å². The molecular formula is C48H50N8O9. The number of nitrogens with zero attached hydrogens (tertiary/aromatic N) is 2. The molecule has 0 saturated carbocycles. The largest absolute Gasteiger partial charge is 0.493 e. The zero-order valence-electron chi connectivity index (χ0n) is 36.3. The Morgan fingerprint density at radius 1 is 0.738 bits per heavy atom. The number of nitrogens with two attached hydrogens (primary N) is 1. The number of carbonyl (C=O) groups is 4. The number of aliphatic hydroxyl groups is 1. The Kier molecular flexibility index (Phi) is 11.7. The van der Waals surface area contributed by atoms with Gasteiger partial charge in [-0.1, -0.05) is 36.4 Å². The van der Waals surface area contributed by atoms with Gasteiger partial charge in [-0.25, -0.2) is 5.43 Å². The van der Waals surface area contributed by atoms with Crippen LogP contribution in [0.25, 0.3) is 0 Å². The zero-order valence-corrected chi connectivity index (χ0v) is 36.3. The molecular weight excluding hydrogens is 833 g/mol. The fourth-order valence-electron chi connectivity index (χ4n) is 8.91. The number of hydrogen-bond donors (Lipinski definition) is 7. The topological polar surface area (TPSA) is 218 Å². The minimum atomic E-state index is -1.07. The molecule has 0 saturated heterocycles. The highest BCUT2D eigenvalue weighted by Gasteiger charge is 2.42. The molecule has 0 spiro atoms. The number of methoxy groups -OCH3 is 2. The molecule has 5 aromatic rings. The van der Waals surface area contributed by atoms with Crippen molar-refractivity contribution in [2.24, 2.45) is 5.84 Å². The number of benzene rings is 5. The van der Waals surface area contributed by atoms with E-state index >= 15 is 0 Å². The minimum Gasteiger partial charge on any atom is -0.493 e. The zero-order chi connectivity index (χ0) is 45.5. The Hall–Kier alpha value is -7.34. The van der Waals surface area contributed by atoms with E-state index in [2.05, 4.69) is 26.7 Å². The van der Waals surface area contributed by atoms with Crippen LogP contribution < -0.4 is 61.3 Å². The summed E-state index contributed by atoms with van der Waals surface area (Å²) >= 11 is 0. The average molecular weight is 883 g/mol. The standard InChI is InChI=1S/C48H50N8O9/c1-25(51-45(58)26(2)54-49)44(57)52-31-14-27(23-64-42-20-35-33(18-40(42)62-3)47(60)55-32(22-50-35)16-29-9-5-7-11-37(29)55)13-28(15-31)24-65-43-21-36-34(19-41(43)63-4)48(61)56-38-12-8-6-10-30(38)17-39(56)46(59)53-36/h5-15,18-21,25-26,32,39,46,50,53-54,59H,16-17,22-24,49H2,1-4H3,(H,51,58)(H,52,57)/t25-,26+,32+,39+,46?/m1/s1. The highest BCUT2D eigenvalue weighted by Crippen LogP contribution is 2.43. The molecule has 8 N–H and O–H groups in total. The van der Waals surface area contributed by atoms with Gasteiger partial charge in [0.2, 0.25) is 11.8 Å². The lowest BCUT2D eigenvalue weighted by molar-refractivity contribution is -0.127. The van der Waals surface area contributed by atoms with E-state index in [0.717, 1.165) is 28.9 Å². The molecule has 4 aliphatic heterocycles. The first kappa shape index (κ1) is 42.9. The van der Waals surface area contributed by atoms with Crippen LogP contribution >= 0.6 is 0 Å². The minimum absolute atomic E-state index is 0.0147. The number of anilines is 5. The van der Waals surface area contributed by atoms with Crippen molar-refractivity contribution in [3.8, 4) is 23.0 Å². The van der Waals surface area contributed by atoms with Gasteiger partial charge in [0.05, 0.1) is 54.8 Å². The highest BCUT2D eigenvalue weighted by molar-refractivity contribution is 6.13. The maximum absolute atomic E-state index is 14.1. The fraction of sp³-hybridized carbons (Fsp3) is 0.292. The van der Waals surface area contributed by atoms with E-state index in [-0.39, 0.29) is 31.1 Å². The van der Waals surface area contributed by atoms with Crippen molar-refractivity contribution >= 4 is 52.1 Å². The van der Waals surface area contributed by atoms with Gasteiger partial charge < -0.3 is 55.1 Å². The number of rotatable bonds is 13. The van der Waals surface area contributed by atoms with Crippen LogP contribution in [0.5, 0.6) is 23.0 Å². The van der Waals surface area contributed by atoms with Crippen molar-refractivity contribution in [3.63, 3.8) is 0 Å². The molecule has 336 valence electrons. The summed E-state index contributed by atoms with van der Waals surface area (Å²) in [4.78, 5) is 57.5. The lowest BCUT2D eigenvalue weighted by atomic mass is 10.1. The summed E-state index contributed by atoms with van der Waals surface area (Å²) in [7, 11) is 2.99. The summed E-state index contributed by atoms with van der Waals surface area (Å²) in [5, 5.41) is 23.4. The van der Waals surface area contributed by atoms with E-state index in [1.54, 1.807) is 55.1 Å². The van der Waals surface area contributed by atoms with E-state index in [1.807, 2.05) is 59.5 Å². The third-order valence-corrected chi connectivity index (χ3v) is 12.3. The van der Waals surface area contributed by atoms with Crippen LogP contribution in [-0.4, -0.2) is 79.9 Å². The quantitative estimate of drug-likeness (QED) is 0.0643. The van der Waals surface area contributed by atoms with Gasteiger partial charge in [0.15, 0.2) is 23.0 Å². The molecule has 1 unspecified atom stereocenters. The summed E-state index contributed by atoms with van der Waals surface area (Å²) in [6.07, 6.45) is 0.164. The molecule has 0 fully saturated rings. The molecule has 4 aliphatic rings. The number of hydrazine groups is 1. The molecule has 0 aliphatic carbocycles. The first-order valence-electron chi connectivity index (χ1n) is 21.4. The van der Waals surface area contributed by atoms with Gasteiger partial charge in [0.25, 0.3) is 11.8 Å². The molecule has 4 heterocycles. The van der Waals surface area contributed by atoms with Gasteiger partial charge in [0.1, 0.15) is 25.5 Å². The van der Waals surface area contributed by atoms with E-state index < -0.39 is 36.2 Å². The first-order chi connectivity index (χ1) is 31.4. The summed E-state index contributed by atoms with van der Waals surface area (Å²) in [5.41, 5.74) is 9.56. The smallest absolute Gasteiger partial charge is 0.260 e. The Morgan fingerprint density at radius 3 is 1.94 bits per heavy atom. The highest BCUT2D eigenvalue weighted by atomic mass is 16.5. The Bertz CT molecular complexity index is 2710. The van der Waals surface area contributed by atoms with Crippen molar-refractivity contribution in [2.45, 2.75) is 70.3 Å². The van der Waals surface area contributed by atoms with Crippen molar-refractivity contribution in [1.82, 2.24) is 10.7 Å². The summed E-state index contributed by atoms with van der Waals surface area (Å²) in [6, 6.07) is 25.3. The number of para-hydroxylation sites is 2. The van der Waals surface area contributed by atoms with Gasteiger partial charge in [-0.3, -0.25) is 25.0 Å². The molecule has 5 aromatic carbocycles. The van der Waals surface area contributed by atoms with Crippen LogP contribution in [0.2, 0.25) is 0 Å². The van der Waals surface area contributed by atoms with Gasteiger partial charge in [-0.15, -0.1) is 0 Å². The van der Waals surface area contributed by atoms with Crippen LogP contribution in [0.1, 0.15) is 56.8 Å². The Labute approximate surface area is 375 Å². The summed E-state index contributed by atoms with van der Waals surface area (Å²) < 4.78 is 24.3. The second-order valence-electron chi connectivity index (χ2n) is 16.5. The number of fused-ring (bicyclic) bond motifs is 8. The van der Waals surface area contributed by atoms with E-state index in [0.29, 0.717) is 75.3 Å². The third kappa shape index (κ3) is 8.20. The van der Waals surface area contributed by atoms with E-state index in [4.69, 9.17) is 24.8 Å². The van der Waals surface area contributed by atoms with Crippen molar-refractivity contribution in [2.75, 3.05) is 46.5 Å². The number of nitrogens with one attached hydrogen (secondary N) is 5. The van der Waals surface area contributed by atoms with Crippen molar-refractivity contribution in [3.05, 3.63) is 124 Å². The van der Waals surface area contributed by atoms with E-state index in [9.17, 15) is 24.3 Å². The monoisotopic (exact) mass is 882 g/mol. The number of hydrogen-bond acceptors (Lipinski definition) is 13. The maximum Gasteiger partial charge on any atom is 0.260 e. The lowest BCUT2D eigenvalue weighted by Gasteiger charge is -2.26. The molecule has 0 aromatic heterocycles. The molecule has 17 nitrogen and oxygen atoms in total. The van der Waals surface area contributed by atoms with Gasteiger partial charge >= 0.3 is 0 Å². The average Bonchev–Trinajstić information content (AvgIpc) is 3.83. The number of aliphatic hydroxyl groups excluding tert-OH is 1. The van der Waals surface area contributed by atoms with Gasteiger partial charge in [-0.2, -0.15) is 0 Å². The first-order valence-corrected chi connectivity index (χ1v) is 21.4. The Morgan fingerprint density at radius 2 is 1.31 bits per heavy atom. The third-order valence-electron chi connectivity index (χ3n) is 12.3. The molecule has 65 heavy (non-hydrogen) atoms. The van der Waals surface area contributed by atoms with Crippen LogP contribution in [0.4, 0.5) is 28.4 Å².